The highest BCUT2D eigenvalue weighted by atomic mass is 16.3. The summed E-state index contributed by atoms with van der Waals surface area (Å²) >= 11 is 0. The molecule has 0 amide bonds. The van der Waals surface area contributed by atoms with Crippen molar-refractivity contribution in [3.05, 3.63) is 29.3 Å². The summed E-state index contributed by atoms with van der Waals surface area (Å²) in [5.74, 6) is 0.920. The second-order valence-corrected chi connectivity index (χ2v) is 3.52. The Morgan fingerprint density at radius 1 is 1.19 bits per heavy atom. The van der Waals surface area contributed by atoms with Crippen LogP contribution >= 0.6 is 0 Å². The molecule has 0 bridgehead atoms. The Labute approximate surface area is 100.0 Å². The van der Waals surface area contributed by atoms with Crippen molar-refractivity contribution in [1.82, 2.24) is 0 Å². The van der Waals surface area contributed by atoms with Crippen LogP contribution in [0.1, 0.15) is 51.7 Å². The van der Waals surface area contributed by atoms with E-state index in [1.807, 2.05) is 32.9 Å². The van der Waals surface area contributed by atoms with E-state index >= 15 is 0 Å². The van der Waals surface area contributed by atoms with E-state index in [2.05, 4.69) is 13.8 Å². The number of aryl methyl sites for hydroxylation is 1. The van der Waals surface area contributed by atoms with Crippen LogP contribution < -0.4 is 0 Å². The van der Waals surface area contributed by atoms with Crippen molar-refractivity contribution in [2.24, 2.45) is 0 Å². The first kappa shape index (κ1) is 17.4. The molecule has 0 aromatic heterocycles. The molecule has 2 N–H and O–H groups in total. The minimum Gasteiger partial charge on any atom is -0.508 e. The van der Waals surface area contributed by atoms with Crippen LogP contribution in [-0.2, 0) is 0 Å². The third-order valence-corrected chi connectivity index (χ3v) is 1.89. The number of phenols is 1. The topological polar surface area (TPSA) is 40.5 Å². The Hall–Kier alpha value is -1.02. The molecule has 1 aromatic rings. The van der Waals surface area contributed by atoms with Crippen molar-refractivity contribution < 1.29 is 10.2 Å². The molecule has 0 atom stereocenters. The number of aliphatic hydroxyl groups is 1. The van der Waals surface area contributed by atoms with Gasteiger partial charge in [0.25, 0.3) is 0 Å². The maximum atomic E-state index is 9.23. The molecule has 1 aromatic carbocycles. The van der Waals surface area contributed by atoms with Gasteiger partial charge in [-0.3, -0.25) is 0 Å². The van der Waals surface area contributed by atoms with Crippen LogP contribution in [0, 0.1) is 6.92 Å². The Morgan fingerprint density at radius 2 is 1.62 bits per heavy atom. The molecule has 0 aliphatic heterocycles. The van der Waals surface area contributed by atoms with Crippen LogP contribution in [-0.4, -0.2) is 16.8 Å². The van der Waals surface area contributed by atoms with Gasteiger partial charge < -0.3 is 10.2 Å². The van der Waals surface area contributed by atoms with Gasteiger partial charge in [-0.2, -0.15) is 0 Å². The van der Waals surface area contributed by atoms with Gasteiger partial charge in [0.1, 0.15) is 5.75 Å². The van der Waals surface area contributed by atoms with Crippen molar-refractivity contribution in [3.63, 3.8) is 0 Å². The standard InChI is InChI=1S/C10H14O.C2H6O.C2H6/c1-7(2)9-4-5-10(11)8(3)6-9;1-2-3;1-2/h4-7,11H,1-3H3;3H,2H2,1H3;1-2H3. The molecule has 0 spiro atoms. The maximum absolute atomic E-state index is 9.23. The summed E-state index contributed by atoms with van der Waals surface area (Å²) in [6.07, 6.45) is 0. The first-order chi connectivity index (χ1) is 7.52. The summed E-state index contributed by atoms with van der Waals surface area (Å²) in [6.45, 7) is 12.1. The average Bonchev–Trinajstić information content (AvgIpc) is 2.26. The largest absolute Gasteiger partial charge is 0.508 e. The van der Waals surface area contributed by atoms with E-state index in [-0.39, 0.29) is 6.61 Å². The molecule has 0 unspecified atom stereocenters. The van der Waals surface area contributed by atoms with Crippen LogP contribution in [0.4, 0.5) is 0 Å². The fraction of sp³-hybridized carbons (Fsp3) is 0.571. The lowest BCUT2D eigenvalue weighted by atomic mass is 10.0. The normalized spacial score (nSPS) is 8.75. The van der Waals surface area contributed by atoms with Crippen molar-refractivity contribution in [2.75, 3.05) is 6.61 Å². The van der Waals surface area contributed by atoms with Crippen LogP contribution in [0.3, 0.4) is 0 Å². The molecule has 0 radical (unpaired) electrons. The zero-order valence-corrected chi connectivity index (χ0v) is 11.4. The van der Waals surface area contributed by atoms with Gasteiger partial charge in [-0.05, 0) is 37.0 Å². The Morgan fingerprint density at radius 3 is 1.94 bits per heavy atom. The van der Waals surface area contributed by atoms with E-state index in [9.17, 15) is 5.11 Å². The number of aliphatic hydroxyl groups excluding tert-OH is 1. The third kappa shape index (κ3) is 7.30. The third-order valence-electron chi connectivity index (χ3n) is 1.89. The van der Waals surface area contributed by atoms with E-state index in [1.54, 1.807) is 13.0 Å². The summed E-state index contributed by atoms with van der Waals surface area (Å²) in [7, 11) is 0. The summed E-state index contributed by atoms with van der Waals surface area (Å²) in [5, 5.41) is 16.8. The predicted molar refractivity (Wildman–Crippen MR) is 71.0 cm³/mol. The minimum atomic E-state index is 0.250. The van der Waals surface area contributed by atoms with E-state index in [0.717, 1.165) is 5.56 Å². The molecule has 0 aliphatic rings. The van der Waals surface area contributed by atoms with Gasteiger partial charge in [0.05, 0.1) is 0 Å². The Kier molecular flexibility index (Phi) is 11.4. The van der Waals surface area contributed by atoms with Gasteiger partial charge in [0.2, 0.25) is 0 Å². The summed E-state index contributed by atoms with van der Waals surface area (Å²) in [6, 6.07) is 5.75. The fourth-order valence-corrected chi connectivity index (χ4v) is 1.04. The lowest BCUT2D eigenvalue weighted by Crippen LogP contribution is -1.87. The minimum absolute atomic E-state index is 0.250. The van der Waals surface area contributed by atoms with Crippen molar-refractivity contribution in [2.45, 2.75) is 47.5 Å². The molecule has 2 heteroatoms. The van der Waals surface area contributed by atoms with Crippen LogP contribution in [0.15, 0.2) is 18.2 Å². The van der Waals surface area contributed by atoms with Gasteiger partial charge in [0, 0.05) is 6.61 Å². The fourth-order valence-electron chi connectivity index (χ4n) is 1.04. The molecule has 1 rings (SSSR count). The lowest BCUT2D eigenvalue weighted by molar-refractivity contribution is 0.318. The van der Waals surface area contributed by atoms with Gasteiger partial charge in [-0.1, -0.05) is 39.8 Å². The van der Waals surface area contributed by atoms with Crippen molar-refractivity contribution in [1.29, 1.82) is 0 Å². The highest BCUT2D eigenvalue weighted by Gasteiger charge is 2.00. The number of phenolic OH excluding ortho intramolecular Hbond substituents is 1. The highest BCUT2D eigenvalue weighted by molar-refractivity contribution is 5.35. The van der Waals surface area contributed by atoms with E-state index in [1.165, 1.54) is 5.56 Å². The molecular formula is C14H26O2. The molecule has 2 nitrogen and oxygen atoms in total. The average molecular weight is 226 g/mol. The van der Waals surface area contributed by atoms with E-state index < -0.39 is 0 Å². The van der Waals surface area contributed by atoms with Crippen molar-refractivity contribution >= 4 is 0 Å². The number of rotatable bonds is 1. The van der Waals surface area contributed by atoms with Crippen LogP contribution in [0.5, 0.6) is 5.75 Å². The number of benzene rings is 1. The first-order valence-electron chi connectivity index (χ1n) is 5.93. The van der Waals surface area contributed by atoms with Gasteiger partial charge >= 0.3 is 0 Å². The number of aromatic hydroxyl groups is 1. The quantitative estimate of drug-likeness (QED) is 0.763. The monoisotopic (exact) mass is 226 g/mol. The van der Waals surface area contributed by atoms with E-state index in [0.29, 0.717) is 11.7 Å². The second kappa shape index (κ2) is 10.5. The van der Waals surface area contributed by atoms with Crippen molar-refractivity contribution in [3.8, 4) is 5.75 Å². The van der Waals surface area contributed by atoms with E-state index in [4.69, 9.17) is 5.11 Å². The SMILES string of the molecule is CC.CCO.Cc1cc(C(C)C)ccc1O. The highest BCUT2D eigenvalue weighted by Crippen LogP contribution is 2.21. The predicted octanol–water partition coefficient (Wildman–Crippen LogP) is 3.85. The molecule has 94 valence electrons. The number of hydrogen-bond acceptors (Lipinski definition) is 2. The van der Waals surface area contributed by atoms with Gasteiger partial charge in [-0.15, -0.1) is 0 Å². The Bertz CT molecular complexity index is 267. The smallest absolute Gasteiger partial charge is 0.118 e. The Balaban J connectivity index is 0. The first-order valence-corrected chi connectivity index (χ1v) is 5.93. The molecule has 16 heavy (non-hydrogen) atoms. The second-order valence-electron chi connectivity index (χ2n) is 3.52. The lowest BCUT2D eigenvalue weighted by Gasteiger charge is -2.06. The summed E-state index contributed by atoms with van der Waals surface area (Å²) in [5.41, 5.74) is 2.23. The van der Waals surface area contributed by atoms with Gasteiger partial charge in [-0.25, -0.2) is 0 Å². The summed E-state index contributed by atoms with van der Waals surface area (Å²) in [4.78, 5) is 0. The maximum Gasteiger partial charge on any atom is 0.118 e. The zero-order chi connectivity index (χ0) is 13.1. The molecule has 0 saturated carbocycles. The molecule has 0 saturated heterocycles. The molecule has 0 aliphatic carbocycles. The molecule has 0 heterocycles. The number of hydrogen-bond donors (Lipinski definition) is 2. The zero-order valence-electron chi connectivity index (χ0n) is 11.4. The summed E-state index contributed by atoms with van der Waals surface area (Å²) < 4.78 is 0. The van der Waals surface area contributed by atoms with Crippen LogP contribution in [0.2, 0.25) is 0 Å². The van der Waals surface area contributed by atoms with Crippen LogP contribution in [0.25, 0.3) is 0 Å². The molecular weight excluding hydrogens is 200 g/mol. The molecule has 0 fully saturated rings. The van der Waals surface area contributed by atoms with Gasteiger partial charge in [0.15, 0.2) is 0 Å².